The quantitative estimate of drug-likeness (QED) is 0.618. The first-order valence-electron chi connectivity index (χ1n) is 5.87. The van der Waals surface area contributed by atoms with Gasteiger partial charge in [-0.1, -0.05) is 23.8 Å². The molecule has 21 heavy (non-hydrogen) atoms. The van der Waals surface area contributed by atoms with E-state index in [1.807, 2.05) is 0 Å². The van der Waals surface area contributed by atoms with Crippen molar-refractivity contribution in [2.45, 2.75) is 0 Å². The Morgan fingerprint density at radius 2 is 1.76 bits per heavy atom. The minimum atomic E-state index is -0.492. The molecule has 2 N–H and O–H groups in total. The third-order valence-corrected chi connectivity index (χ3v) is 3.21. The van der Waals surface area contributed by atoms with E-state index in [4.69, 9.17) is 29.6 Å². The molecule has 0 heterocycles. The number of halogens is 1. The van der Waals surface area contributed by atoms with Crippen molar-refractivity contribution in [1.82, 2.24) is 0 Å². The number of hydrogen-bond donors (Lipinski definition) is 1. The summed E-state index contributed by atoms with van der Waals surface area (Å²) >= 11 is 11.0. The summed E-state index contributed by atoms with van der Waals surface area (Å²) in [6.45, 7) is -0.233. The predicted octanol–water partition coefficient (Wildman–Crippen LogP) is 1.13. The van der Waals surface area contributed by atoms with E-state index in [-0.39, 0.29) is 18.1 Å². The van der Waals surface area contributed by atoms with Crippen molar-refractivity contribution in [1.29, 1.82) is 0 Å². The van der Waals surface area contributed by atoms with Crippen LogP contribution < -0.4 is 10.6 Å². The maximum absolute atomic E-state index is 11.4. The number of benzene rings is 1. The Kier molecular flexibility index (Phi) is 6.39. The molecular weight excluding hydrogens is 316 g/mol. The second-order valence-corrected chi connectivity index (χ2v) is 4.88. The normalized spacial score (nSPS) is 9.86. The van der Waals surface area contributed by atoms with E-state index in [0.29, 0.717) is 16.3 Å². The summed E-state index contributed by atoms with van der Waals surface area (Å²) in [5.74, 6) is -0.984. The summed E-state index contributed by atoms with van der Waals surface area (Å²) < 4.78 is 9.21. The second kappa shape index (κ2) is 7.80. The van der Waals surface area contributed by atoms with Crippen molar-refractivity contribution in [2.24, 2.45) is 5.73 Å². The lowest BCUT2D eigenvalue weighted by atomic mass is 10.2. The monoisotopic (exact) mass is 330 g/mol. The minimum absolute atomic E-state index is 0.117. The standard InChI is InChI=1S/C13H15ClN2O4S/c1-19-11(17)6-16(7-12(18)20-2)8-3-4-9(13(15)21)10(14)5-8/h3-5H,6-7H2,1-2H3,(H2,15,21). The van der Waals surface area contributed by atoms with Crippen molar-refractivity contribution >= 4 is 46.4 Å². The van der Waals surface area contributed by atoms with E-state index in [0.717, 1.165) is 0 Å². The van der Waals surface area contributed by atoms with Crippen LogP contribution in [0.1, 0.15) is 5.56 Å². The summed E-state index contributed by atoms with van der Waals surface area (Å²) in [4.78, 5) is 24.5. The molecule has 1 rings (SSSR count). The van der Waals surface area contributed by atoms with Gasteiger partial charge >= 0.3 is 11.9 Å². The molecule has 0 aliphatic carbocycles. The molecule has 0 amide bonds. The summed E-state index contributed by atoms with van der Waals surface area (Å²) in [5.41, 5.74) is 6.60. The number of nitrogens with zero attached hydrogens (tertiary/aromatic N) is 1. The molecule has 0 aliphatic heterocycles. The van der Waals surface area contributed by atoms with Gasteiger partial charge in [0.05, 0.1) is 19.2 Å². The van der Waals surface area contributed by atoms with Gasteiger partial charge in [0, 0.05) is 11.3 Å². The maximum Gasteiger partial charge on any atom is 0.325 e. The first-order valence-corrected chi connectivity index (χ1v) is 6.65. The van der Waals surface area contributed by atoms with E-state index >= 15 is 0 Å². The zero-order valence-corrected chi connectivity index (χ0v) is 13.2. The van der Waals surface area contributed by atoms with Crippen LogP contribution in [-0.2, 0) is 19.1 Å². The molecule has 0 saturated carbocycles. The van der Waals surface area contributed by atoms with Gasteiger partial charge in [0.15, 0.2) is 0 Å². The summed E-state index contributed by atoms with van der Waals surface area (Å²) in [6, 6.07) is 4.86. The highest BCUT2D eigenvalue weighted by molar-refractivity contribution is 7.80. The zero-order valence-electron chi connectivity index (χ0n) is 11.6. The minimum Gasteiger partial charge on any atom is -0.468 e. The molecule has 0 unspecified atom stereocenters. The highest BCUT2D eigenvalue weighted by Gasteiger charge is 2.17. The number of ether oxygens (including phenoxy) is 2. The molecule has 0 fully saturated rings. The largest absolute Gasteiger partial charge is 0.468 e. The fraction of sp³-hybridized carbons (Fsp3) is 0.308. The number of nitrogens with two attached hydrogens (primary N) is 1. The van der Waals surface area contributed by atoms with Gasteiger partial charge in [-0.05, 0) is 18.2 Å². The van der Waals surface area contributed by atoms with Crippen molar-refractivity contribution in [3.8, 4) is 0 Å². The van der Waals surface area contributed by atoms with E-state index < -0.39 is 11.9 Å². The number of thiocarbonyl (C=S) groups is 1. The zero-order chi connectivity index (χ0) is 16.0. The number of carbonyl (C=O) groups is 2. The maximum atomic E-state index is 11.4. The Bertz CT molecular complexity index is 547. The molecule has 0 aromatic heterocycles. The molecule has 0 atom stereocenters. The molecule has 114 valence electrons. The van der Waals surface area contributed by atoms with E-state index in [9.17, 15) is 9.59 Å². The first-order chi connectivity index (χ1) is 9.88. The molecule has 1 aromatic carbocycles. The van der Waals surface area contributed by atoms with Gasteiger partial charge in [0.25, 0.3) is 0 Å². The Labute approximate surface area is 132 Å². The van der Waals surface area contributed by atoms with Crippen LogP contribution in [-0.4, -0.2) is 44.2 Å². The van der Waals surface area contributed by atoms with E-state index in [1.54, 1.807) is 18.2 Å². The molecule has 6 nitrogen and oxygen atoms in total. The average molecular weight is 331 g/mol. The van der Waals surface area contributed by atoms with Crippen molar-refractivity contribution < 1.29 is 19.1 Å². The van der Waals surface area contributed by atoms with Gasteiger partial charge in [0.2, 0.25) is 0 Å². The average Bonchev–Trinajstić information content (AvgIpc) is 2.45. The van der Waals surface area contributed by atoms with Gasteiger partial charge < -0.3 is 20.1 Å². The number of carbonyl (C=O) groups excluding carboxylic acids is 2. The summed E-state index contributed by atoms with van der Waals surface area (Å²) in [5, 5.41) is 0.333. The van der Waals surface area contributed by atoms with Crippen LogP contribution in [0, 0.1) is 0 Å². The van der Waals surface area contributed by atoms with Crippen LogP contribution in [0.15, 0.2) is 18.2 Å². The van der Waals surface area contributed by atoms with Crippen molar-refractivity contribution in [3.05, 3.63) is 28.8 Å². The molecule has 0 saturated heterocycles. The van der Waals surface area contributed by atoms with Crippen LogP contribution in [0.2, 0.25) is 5.02 Å². The van der Waals surface area contributed by atoms with Crippen molar-refractivity contribution in [2.75, 3.05) is 32.2 Å². The number of rotatable bonds is 6. The van der Waals surface area contributed by atoms with Crippen molar-refractivity contribution in [3.63, 3.8) is 0 Å². The topological polar surface area (TPSA) is 81.9 Å². The molecular formula is C13H15ClN2O4S. The summed E-state index contributed by atoms with van der Waals surface area (Å²) in [7, 11) is 2.53. The summed E-state index contributed by atoms with van der Waals surface area (Å²) in [6.07, 6.45) is 0. The number of hydrogen-bond acceptors (Lipinski definition) is 6. The van der Waals surface area contributed by atoms with Crippen LogP contribution >= 0.6 is 23.8 Å². The molecule has 0 aliphatic rings. The molecule has 1 aromatic rings. The highest BCUT2D eigenvalue weighted by Crippen LogP contribution is 2.24. The first kappa shape index (κ1) is 17.2. The Balaban J connectivity index is 3.07. The van der Waals surface area contributed by atoms with E-state index in [1.165, 1.54) is 19.1 Å². The Morgan fingerprint density at radius 1 is 1.24 bits per heavy atom. The second-order valence-electron chi connectivity index (χ2n) is 4.04. The van der Waals surface area contributed by atoms with Crippen LogP contribution in [0.5, 0.6) is 0 Å². The third kappa shape index (κ3) is 4.87. The fourth-order valence-corrected chi connectivity index (χ4v) is 2.09. The SMILES string of the molecule is COC(=O)CN(CC(=O)OC)c1ccc(C(N)=S)c(Cl)c1. The fourth-order valence-electron chi connectivity index (χ4n) is 1.58. The number of esters is 2. The van der Waals surface area contributed by atoms with E-state index in [2.05, 4.69) is 9.47 Å². The molecule has 0 radical (unpaired) electrons. The smallest absolute Gasteiger partial charge is 0.325 e. The van der Waals surface area contributed by atoms with Crippen LogP contribution in [0.3, 0.4) is 0 Å². The van der Waals surface area contributed by atoms with Crippen LogP contribution in [0.25, 0.3) is 0 Å². The Hall–Kier alpha value is -1.86. The molecule has 8 heteroatoms. The number of methoxy groups -OCH3 is 2. The van der Waals surface area contributed by atoms with Gasteiger partial charge in [-0.2, -0.15) is 0 Å². The molecule has 0 bridgehead atoms. The van der Waals surface area contributed by atoms with Crippen LogP contribution in [0.4, 0.5) is 5.69 Å². The molecule has 0 spiro atoms. The lowest BCUT2D eigenvalue weighted by molar-refractivity contribution is -0.140. The van der Waals surface area contributed by atoms with Gasteiger partial charge in [-0.15, -0.1) is 0 Å². The highest BCUT2D eigenvalue weighted by atomic mass is 35.5. The van der Waals surface area contributed by atoms with Gasteiger partial charge in [-0.25, -0.2) is 0 Å². The Morgan fingerprint density at radius 3 is 2.14 bits per heavy atom. The predicted molar refractivity (Wildman–Crippen MR) is 83.6 cm³/mol. The van der Waals surface area contributed by atoms with Gasteiger partial charge in [-0.3, -0.25) is 9.59 Å². The lowest BCUT2D eigenvalue weighted by Crippen LogP contribution is -2.35. The lowest BCUT2D eigenvalue weighted by Gasteiger charge is -2.22. The third-order valence-electron chi connectivity index (χ3n) is 2.68. The van der Waals surface area contributed by atoms with Gasteiger partial charge in [0.1, 0.15) is 18.1 Å². The number of anilines is 1.